The van der Waals surface area contributed by atoms with Gasteiger partial charge in [-0.2, -0.15) is 0 Å². The Bertz CT molecular complexity index is 3790. The molecule has 0 spiro atoms. The van der Waals surface area contributed by atoms with Crippen LogP contribution in [0, 0.1) is 11.8 Å². The van der Waals surface area contributed by atoms with Crippen LogP contribution in [0.25, 0.3) is 22.3 Å². The lowest BCUT2D eigenvalue weighted by atomic mass is 9.81. The van der Waals surface area contributed by atoms with E-state index < -0.39 is 55.0 Å². The van der Waals surface area contributed by atoms with Gasteiger partial charge in [-0.05, 0) is 118 Å². The number of nitrogens with one attached hydrogen (secondary N) is 4. The number of hydrogen-bond acceptors (Lipinski definition) is 26. The highest BCUT2D eigenvalue weighted by Crippen LogP contribution is 2.43. The van der Waals surface area contributed by atoms with E-state index in [1.807, 2.05) is 6.92 Å². The number of amides is 6. The van der Waals surface area contributed by atoms with E-state index in [0.29, 0.717) is 185 Å². The number of esters is 1. The number of anilines is 1. The molecule has 2 unspecified atom stereocenters. The van der Waals surface area contributed by atoms with Gasteiger partial charge >= 0.3 is 5.97 Å². The van der Waals surface area contributed by atoms with Crippen LogP contribution in [0.15, 0.2) is 71.7 Å². The van der Waals surface area contributed by atoms with Crippen molar-refractivity contribution in [2.24, 2.45) is 17.6 Å². The molecule has 106 heavy (non-hydrogen) atoms. The fourth-order valence-corrected chi connectivity index (χ4v) is 12.7. The lowest BCUT2D eigenvalue weighted by molar-refractivity contribution is -0.316. The number of hydrogen-bond donors (Lipinski definition) is 7. The van der Waals surface area contributed by atoms with E-state index in [1.54, 1.807) is 70.9 Å². The molecule has 2 aromatic carbocycles. The minimum Gasteiger partial charge on any atom is -0.508 e. The van der Waals surface area contributed by atoms with Gasteiger partial charge in [0.2, 0.25) is 23.6 Å². The number of nitrogens with two attached hydrogens (primary N) is 1. The van der Waals surface area contributed by atoms with Gasteiger partial charge in [0.25, 0.3) is 23.8 Å². The summed E-state index contributed by atoms with van der Waals surface area (Å²) < 4.78 is 70.2. The number of ether oxygens (including phenoxy) is 12. The van der Waals surface area contributed by atoms with Crippen LogP contribution < -0.4 is 32.6 Å². The lowest BCUT2D eigenvalue weighted by Crippen LogP contribution is -2.48. The zero-order valence-corrected chi connectivity index (χ0v) is 60.2. The number of unbranched alkanes of at least 4 members (excludes halogenated alkanes) is 1. The molecule has 4 aliphatic rings. The normalized spacial score (nSPS) is 17.3. The quantitative estimate of drug-likeness (QED) is 0.0125. The number of aliphatic hydroxyl groups excluding tert-OH is 1. The van der Waals surface area contributed by atoms with Crippen molar-refractivity contribution in [2.45, 2.75) is 123 Å². The molecule has 3 aromatic heterocycles. The van der Waals surface area contributed by atoms with Gasteiger partial charge in [-0.25, -0.2) is 14.5 Å². The van der Waals surface area contributed by atoms with Crippen LogP contribution >= 0.6 is 0 Å². The summed E-state index contributed by atoms with van der Waals surface area (Å²) in [5, 5.41) is 41.6. The number of aryl methyl sites for hydroxylation is 1. The molecule has 8 N–H and O–H groups in total. The van der Waals surface area contributed by atoms with Crippen molar-refractivity contribution in [1.29, 1.82) is 0 Å². The number of aromatic nitrogens is 5. The van der Waals surface area contributed by atoms with Crippen molar-refractivity contribution in [3.05, 3.63) is 111 Å². The molecule has 0 saturated heterocycles. The van der Waals surface area contributed by atoms with Gasteiger partial charge in [0.15, 0.2) is 5.60 Å². The van der Waals surface area contributed by atoms with Crippen LogP contribution in [0.4, 0.5) is 5.69 Å². The van der Waals surface area contributed by atoms with Gasteiger partial charge in [-0.15, -0.1) is 5.10 Å². The molecule has 6 heterocycles. The number of aromatic hydroxyl groups is 1. The number of phenolic OH excluding ortho intramolecular Hbond substituents is 1. The Morgan fingerprint density at radius 3 is 1.97 bits per heavy atom. The lowest BCUT2D eigenvalue weighted by Gasteiger charge is -2.37. The monoisotopic (exact) mass is 1480 g/mol. The zero-order chi connectivity index (χ0) is 75.1. The highest BCUT2D eigenvalue weighted by molar-refractivity contribution is 6.12. The maximum Gasteiger partial charge on any atom is 0.343 e. The summed E-state index contributed by atoms with van der Waals surface area (Å²) in [5.74, 6) is -2.73. The average molecular weight is 1480 g/mol. The topological polar surface area (TPSA) is 414 Å². The Kier molecular flexibility index (Phi) is 32.8. The van der Waals surface area contributed by atoms with Gasteiger partial charge in [-0.3, -0.25) is 38.5 Å². The van der Waals surface area contributed by atoms with E-state index in [0.717, 1.165) is 29.4 Å². The molecule has 0 radical (unpaired) electrons. The first-order valence-electron chi connectivity index (χ1n) is 36.2. The first-order valence-corrected chi connectivity index (χ1v) is 36.2. The van der Waals surface area contributed by atoms with Crippen LogP contribution in [0.1, 0.15) is 98.7 Å². The summed E-state index contributed by atoms with van der Waals surface area (Å²) in [4.78, 5) is 109. The number of pyridine rings is 2. The third-order valence-electron chi connectivity index (χ3n) is 18.3. The first-order chi connectivity index (χ1) is 51.6. The van der Waals surface area contributed by atoms with Crippen LogP contribution in [-0.2, 0) is 135 Å². The molecule has 0 bridgehead atoms. The fraction of sp³-hybridized carbons (Fsp3) is 0.575. The number of fused-ring (bicyclic) bond motifs is 5. The van der Waals surface area contributed by atoms with Crippen LogP contribution in [-0.4, -0.2) is 232 Å². The molecule has 33 heteroatoms. The van der Waals surface area contributed by atoms with E-state index in [-0.39, 0.29) is 104 Å². The van der Waals surface area contributed by atoms with Crippen LogP contribution in [0.2, 0.25) is 0 Å². The SMILES string of the molecule is CCc1c2c(nc3ccc(O)cc13)-c1cc3c(c(=O)n1C2)COC(=O)[C@@]3(CC)OC(O)OCc1ccc(NC(=O)C(CCCCN)NC(=O)COCC(=O)NCCOCCOCCOCCOCCOCCOCCOCCOCCn2cc(CNC(=O)C3CCC(CN4C(=O)C=CC4=O)CC3)nn2)cc1. The standard InChI is InChI=1S/C73H99N11O22/c1-3-55-56-39-54(85)16-17-60(56)79-67-57(55)44-83-62(67)40-59-58(70(83)92)46-104-71(93)73(59,4-2)106-72(94)105-45-50-10-14-52(15-11-50)77-69(91)61(7-5-6-20-74)78-64(87)48-103-47-63(86)75-21-23-95-25-27-97-29-31-99-33-35-101-37-38-102-36-34-100-32-30-98-28-26-96-24-22-82-43-53(80-81-82)41-76-68(90)51-12-8-49(9-13-51)42-84-65(88)18-19-66(84)89/h10-11,14-19,39-40,43,49,51,61,72,85,94H,3-9,12-13,20-38,41-42,44-48,74H2,1-2H3,(H,75,86)(H,76,90)(H,77,91)(H,78,87)/t49?,51?,61?,72?,73-/m0/s1. The number of cyclic esters (lactones) is 1. The van der Waals surface area contributed by atoms with Crippen LogP contribution in [0.3, 0.4) is 0 Å². The van der Waals surface area contributed by atoms with E-state index in [9.17, 15) is 48.6 Å². The Labute approximate surface area is 613 Å². The number of imide groups is 1. The van der Waals surface area contributed by atoms with Crippen molar-refractivity contribution < 1.29 is 101 Å². The molecular weight excluding hydrogens is 1380 g/mol. The average Bonchev–Trinajstić information content (AvgIpc) is 1.49. The summed E-state index contributed by atoms with van der Waals surface area (Å²) in [7, 11) is 0. The molecule has 1 saturated carbocycles. The largest absolute Gasteiger partial charge is 0.508 e. The molecular formula is C73H99N11O22. The van der Waals surface area contributed by atoms with Gasteiger partial charge in [-0.1, -0.05) is 31.2 Å². The number of carbonyl (C=O) groups is 7. The molecule has 33 nitrogen and oxygen atoms in total. The second-order valence-corrected chi connectivity index (χ2v) is 25.6. The highest BCUT2D eigenvalue weighted by atomic mass is 16.8. The van der Waals surface area contributed by atoms with Gasteiger partial charge in [0, 0.05) is 53.4 Å². The smallest absolute Gasteiger partial charge is 0.343 e. The molecule has 578 valence electrons. The molecule has 1 fully saturated rings. The van der Waals surface area contributed by atoms with E-state index >= 15 is 0 Å². The van der Waals surface area contributed by atoms with E-state index in [1.165, 1.54) is 17.1 Å². The molecule has 1 aliphatic carbocycles. The zero-order valence-electron chi connectivity index (χ0n) is 60.2. The summed E-state index contributed by atoms with van der Waals surface area (Å²) in [6.45, 7) is 8.48. The molecule has 3 atom stereocenters. The van der Waals surface area contributed by atoms with E-state index in [4.69, 9.17) is 67.6 Å². The maximum atomic E-state index is 14.2. The Morgan fingerprint density at radius 1 is 0.726 bits per heavy atom. The minimum atomic E-state index is -1.95. The summed E-state index contributed by atoms with van der Waals surface area (Å²) in [6, 6.07) is 12.2. The molecule has 3 aliphatic heterocycles. The third kappa shape index (κ3) is 24.0. The van der Waals surface area contributed by atoms with E-state index in [2.05, 4.69) is 31.6 Å². The summed E-state index contributed by atoms with van der Waals surface area (Å²) in [5.41, 5.74) is 8.94. The number of benzene rings is 2. The Hall–Kier alpha value is -8.55. The minimum absolute atomic E-state index is 0.0181. The molecule has 9 rings (SSSR count). The summed E-state index contributed by atoms with van der Waals surface area (Å²) in [6.07, 6.45) is 9.39. The first kappa shape index (κ1) is 81.5. The Balaban J connectivity index is 0.528. The van der Waals surface area contributed by atoms with Crippen molar-refractivity contribution in [3.63, 3.8) is 0 Å². The van der Waals surface area contributed by atoms with Crippen molar-refractivity contribution in [2.75, 3.05) is 144 Å². The predicted molar refractivity (Wildman–Crippen MR) is 379 cm³/mol. The molecule has 5 aromatic rings. The number of phenols is 1. The maximum absolute atomic E-state index is 14.2. The number of rotatable bonds is 50. The van der Waals surface area contributed by atoms with Gasteiger partial charge < -0.3 is 98.6 Å². The van der Waals surface area contributed by atoms with Gasteiger partial charge in [0.05, 0.1) is 161 Å². The highest BCUT2D eigenvalue weighted by Gasteiger charge is 2.50. The van der Waals surface area contributed by atoms with Crippen molar-refractivity contribution >= 4 is 58.0 Å². The second kappa shape index (κ2) is 42.7. The fourth-order valence-electron chi connectivity index (χ4n) is 12.7. The second-order valence-electron chi connectivity index (χ2n) is 25.6. The number of nitrogens with zero attached hydrogens (tertiary/aromatic N) is 6. The van der Waals surface area contributed by atoms with Crippen molar-refractivity contribution in [1.82, 2.24) is 45.4 Å². The third-order valence-corrected chi connectivity index (χ3v) is 18.3. The van der Waals surface area contributed by atoms with Gasteiger partial charge in [0.1, 0.15) is 37.3 Å². The predicted octanol–water partition coefficient (Wildman–Crippen LogP) is 2.32. The number of carbonyl (C=O) groups excluding carboxylic acids is 7. The molecule has 6 amide bonds. The Morgan fingerprint density at radius 2 is 1.35 bits per heavy atom. The number of aliphatic hydroxyl groups is 1. The van der Waals surface area contributed by atoms with Crippen LogP contribution in [0.5, 0.6) is 5.75 Å². The van der Waals surface area contributed by atoms with Crippen molar-refractivity contribution in [3.8, 4) is 17.1 Å². The summed E-state index contributed by atoms with van der Waals surface area (Å²) >= 11 is 0.